The van der Waals surface area contributed by atoms with E-state index in [9.17, 15) is 4.79 Å². The molecule has 0 saturated heterocycles. The lowest BCUT2D eigenvalue weighted by Gasteiger charge is -2.34. The Morgan fingerprint density at radius 1 is 1.26 bits per heavy atom. The molecule has 0 saturated carbocycles. The molecule has 1 N–H and O–H groups in total. The fraction of sp³-hybridized carbons (Fsp3) is 0.350. The second-order valence-corrected chi connectivity index (χ2v) is 7.00. The summed E-state index contributed by atoms with van der Waals surface area (Å²) in [6, 6.07) is 10.1. The predicted octanol–water partition coefficient (Wildman–Crippen LogP) is 1.99. The molecule has 7 heteroatoms. The number of aryl methyl sites for hydroxylation is 1. The van der Waals surface area contributed by atoms with Crippen LogP contribution in [0.1, 0.15) is 34.2 Å². The number of fused-ring (bicyclic) bond motifs is 1. The first-order valence-electron chi connectivity index (χ1n) is 9.24. The Hall–Kier alpha value is -2.93. The zero-order valence-electron chi connectivity index (χ0n) is 15.5. The third kappa shape index (κ3) is 3.93. The zero-order chi connectivity index (χ0) is 18.6. The van der Waals surface area contributed by atoms with Gasteiger partial charge in [-0.05, 0) is 36.2 Å². The second-order valence-electron chi connectivity index (χ2n) is 7.00. The van der Waals surface area contributed by atoms with E-state index in [2.05, 4.69) is 37.1 Å². The minimum Gasteiger partial charge on any atom is -0.351 e. The van der Waals surface area contributed by atoms with E-state index in [1.54, 1.807) is 6.20 Å². The van der Waals surface area contributed by atoms with Crippen LogP contribution in [0.2, 0.25) is 0 Å². The van der Waals surface area contributed by atoms with E-state index in [0.29, 0.717) is 12.2 Å². The van der Waals surface area contributed by atoms with Gasteiger partial charge in [-0.1, -0.05) is 6.07 Å². The summed E-state index contributed by atoms with van der Waals surface area (Å²) in [5.41, 5.74) is 3.10. The third-order valence-electron chi connectivity index (χ3n) is 5.02. The Morgan fingerprint density at radius 3 is 2.96 bits per heavy atom. The fourth-order valence-corrected chi connectivity index (χ4v) is 3.69. The number of pyridine rings is 1. The Labute approximate surface area is 158 Å². The highest BCUT2D eigenvalue weighted by atomic mass is 16.1. The van der Waals surface area contributed by atoms with Gasteiger partial charge in [-0.25, -0.2) is 0 Å². The first-order valence-corrected chi connectivity index (χ1v) is 9.24. The molecule has 1 aliphatic rings. The minimum absolute atomic E-state index is 0.0359. The fourth-order valence-electron chi connectivity index (χ4n) is 3.69. The molecule has 4 heterocycles. The van der Waals surface area contributed by atoms with Gasteiger partial charge in [0.2, 0.25) is 0 Å². The number of aromatic nitrogens is 4. The quantitative estimate of drug-likeness (QED) is 0.726. The van der Waals surface area contributed by atoms with Crippen molar-refractivity contribution in [2.75, 3.05) is 13.1 Å². The Morgan fingerprint density at radius 2 is 2.19 bits per heavy atom. The molecule has 3 aromatic heterocycles. The van der Waals surface area contributed by atoms with Crippen LogP contribution in [-0.4, -0.2) is 43.2 Å². The van der Waals surface area contributed by atoms with Crippen LogP contribution in [-0.2, 0) is 20.1 Å². The van der Waals surface area contributed by atoms with Crippen molar-refractivity contribution >= 4 is 5.91 Å². The predicted molar refractivity (Wildman–Crippen MR) is 102 cm³/mol. The van der Waals surface area contributed by atoms with Crippen molar-refractivity contribution in [3.63, 3.8) is 0 Å². The molecule has 7 nitrogen and oxygen atoms in total. The van der Waals surface area contributed by atoms with Crippen LogP contribution >= 0.6 is 0 Å². The van der Waals surface area contributed by atoms with Crippen molar-refractivity contribution in [1.29, 1.82) is 0 Å². The lowest BCUT2D eigenvalue weighted by molar-refractivity contribution is 0.0939. The van der Waals surface area contributed by atoms with Gasteiger partial charge in [-0.15, -0.1) is 0 Å². The number of hydrogen-bond donors (Lipinski definition) is 1. The Kier molecular flexibility index (Phi) is 5.02. The minimum atomic E-state index is -0.0359. The summed E-state index contributed by atoms with van der Waals surface area (Å²) in [6.07, 6.45) is 8.29. The maximum atomic E-state index is 12.3. The van der Waals surface area contributed by atoms with Crippen LogP contribution in [0, 0.1) is 0 Å². The molecule has 0 fully saturated rings. The number of nitrogens with one attached hydrogen (secondary N) is 1. The highest BCUT2D eigenvalue weighted by Crippen LogP contribution is 2.24. The summed E-state index contributed by atoms with van der Waals surface area (Å²) in [4.78, 5) is 18.9. The van der Waals surface area contributed by atoms with Crippen molar-refractivity contribution in [2.45, 2.75) is 25.6 Å². The van der Waals surface area contributed by atoms with Gasteiger partial charge in [-0.2, -0.15) is 5.10 Å². The number of hydrogen-bond acceptors (Lipinski definition) is 4. The van der Waals surface area contributed by atoms with Gasteiger partial charge < -0.3 is 9.88 Å². The number of amides is 1. The summed E-state index contributed by atoms with van der Waals surface area (Å²) in [5, 5.41) is 7.53. The summed E-state index contributed by atoms with van der Waals surface area (Å²) in [5.74, 6) is -0.0359. The average molecular weight is 364 g/mol. The molecule has 1 amide bonds. The van der Waals surface area contributed by atoms with Crippen LogP contribution in [0.4, 0.5) is 0 Å². The molecular weight excluding hydrogens is 340 g/mol. The standard InChI is InChI=1S/C20H24N6O/c1-24-11-3-5-19(24)20(27)22-9-6-17-14-25(13-16-4-2-8-21-12-16)15-18-7-10-23-26(17)18/h2-5,7-8,10-12,17H,6,9,13-15H2,1H3,(H,22,27). The molecule has 27 heavy (non-hydrogen) atoms. The number of carbonyl (C=O) groups is 1. The van der Waals surface area contributed by atoms with Crippen molar-refractivity contribution < 1.29 is 4.79 Å². The Bertz CT molecular complexity index is 900. The average Bonchev–Trinajstić information content (AvgIpc) is 3.31. The molecular formula is C20H24N6O. The second kappa shape index (κ2) is 7.75. The first kappa shape index (κ1) is 17.5. The van der Waals surface area contributed by atoms with Crippen LogP contribution < -0.4 is 5.32 Å². The number of rotatable bonds is 6. The monoisotopic (exact) mass is 364 g/mol. The summed E-state index contributed by atoms with van der Waals surface area (Å²) < 4.78 is 3.94. The largest absolute Gasteiger partial charge is 0.351 e. The smallest absolute Gasteiger partial charge is 0.267 e. The van der Waals surface area contributed by atoms with E-state index in [4.69, 9.17) is 0 Å². The molecule has 0 spiro atoms. The van der Waals surface area contributed by atoms with E-state index in [1.165, 1.54) is 11.3 Å². The van der Waals surface area contributed by atoms with Gasteiger partial charge in [0.15, 0.2) is 0 Å². The number of carbonyl (C=O) groups excluding carboxylic acids is 1. The molecule has 4 rings (SSSR count). The van der Waals surface area contributed by atoms with Gasteiger partial charge >= 0.3 is 0 Å². The van der Waals surface area contributed by atoms with Crippen molar-refractivity contribution in [3.05, 3.63) is 72.1 Å². The Balaban J connectivity index is 1.38. The molecule has 3 aromatic rings. The maximum Gasteiger partial charge on any atom is 0.267 e. The normalized spacial score (nSPS) is 16.9. The lowest BCUT2D eigenvalue weighted by atomic mass is 10.1. The molecule has 0 aromatic carbocycles. The molecule has 0 radical (unpaired) electrons. The van der Waals surface area contributed by atoms with Crippen molar-refractivity contribution in [1.82, 2.24) is 29.5 Å². The van der Waals surface area contributed by atoms with E-state index in [0.717, 1.165) is 26.1 Å². The molecule has 140 valence electrons. The van der Waals surface area contributed by atoms with Gasteiger partial charge in [0.05, 0.1) is 11.7 Å². The van der Waals surface area contributed by atoms with Crippen LogP contribution in [0.15, 0.2) is 55.1 Å². The summed E-state index contributed by atoms with van der Waals surface area (Å²) in [6.45, 7) is 3.27. The highest BCUT2D eigenvalue weighted by Gasteiger charge is 2.25. The van der Waals surface area contributed by atoms with E-state index >= 15 is 0 Å². The van der Waals surface area contributed by atoms with Crippen LogP contribution in [0.25, 0.3) is 0 Å². The van der Waals surface area contributed by atoms with Gasteiger partial charge in [0, 0.05) is 58.0 Å². The van der Waals surface area contributed by atoms with Crippen LogP contribution in [0.5, 0.6) is 0 Å². The first-order chi connectivity index (χ1) is 13.2. The van der Waals surface area contributed by atoms with Crippen molar-refractivity contribution in [3.8, 4) is 0 Å². The number of nitrogens with zero attached hydrogens (tertiary/aromatic N) is 5. The van der Waals surface area contributed by atoms with E-state index in [1.807, 2.05) is 48.4 Å². The highest BCUT2D eigenvalue weighted by molar-refractivity contribution is 5.92. The molecule has 1 unspecified atom stereocenters. The molecule has 0 bridgehead atoms. The van der Waals surface area contributed by atoms with Gasteiger partial charge in [0.1, 0.15) is 5.69 Å². The van der Waals surface area contributed by atoms with Crippen LogP contribution in [0.3, 0.4) is 0 Å². The molecule has 1 aliphatic heterocycles. The van der Waals surface area contributed by atoms with Gasteiger partial charge in [-0.3, -0.25) is 19.4 Å². The summed E-state index contributed by atoms with van der Waals surface area (Å²) >= 11 is 0. The molecule has 1 atom stereocenters. The zero-order valence-corrected chi connectivity index (χ0v) is 15.5. The van der Waals surface area contributed by atoms with Crippen molar-refractivity contribution in [2.24, 2.45) is 7.05 Å². The summed E-state index contributed by atoms with van der Waals surface area (Å²) in [7, 11) is 1.88. The maximum absolute atomic E-state index is 12.3. The van der Waals surface area contributed by atoms with Gasteiger partial charge in [0.25, 0.3) is 5.91 Å². The van der Waals surface area contributed by atoms with E-state index < -0.39 is 0 Å². The lowest BCUT2D eigenvalue weighted by Crippen LogP contribution is -2.39. The third-order valence-corrected chi connectivity index (χ3v) is 5.02. The molecule has 0 aliphatic carbocycles. The topological polar surface area (TPSA) is 68.0 Å². The van der Waals surface area contributed by atoms with E-state index in [-0.39, 0.29) is 11.9 Å². The SMILES string of the molecule is Cn1cccc1C(=O)NCCC1CN(Cc2cccnc2)Cc2ccnn21.